The number of ether oxygens (including phenoxy) is 2. The van der Waals surface area contributed by atoms with Crippen molar-refractivity contribution in [1.29, 1.82) is 0 Å². The molecule has 1 aliphatic carbocycles. The molecule has 0 spiro atoms. The Hall–Kier alpha value is -1.85. The van der Waals surface area contributed by atoms with Crippen LogP contribution in [0.15, 0.2) is 12.7 Å². The largest absolute Gasteiger partial charge is 0.481 e. The van der Waals surface area contributed by atoms with E-state index < -0.39 is 11.9 Å². The van der Waals surface area contributed by atoms with Gasteiger partial charge in [-0.1, -0.05) is 6.58 Å². The maximum absolute atomic E-state index is 11.9. The molecule has 23 heavy (non-hydrogen) atoms. The molecule has 0 saturated heterocycles. The van der Waals surface area contributed by atoms with Gasteiger partial charge in [-0.2, -0.15) is 0 Å². The highest BCUT2D eigenvalue weighted by molar-refractivity contribution is 5.81. The third kappa shape index (κ3) is 7.81. The molecule has 130 valence electrons. The minimum absolute atomic E-state index is 0.149. The van der Waals surface area contributed by atoms with Gasteiger partial charge in [-0.15, -0.1) is 0 Å². The molecule has 6 nitrogen and oxygen atoms in total. The third-order valence-electron chi connectivity index (χ3n) is 4.10. The van der Waals surface area contributed by atoms with E-state index in [1.165, 1.54) is 0 Å². The Labute approximate surface area is 136 Å². The molecule has 0 unspecified atom stereocenters. The lowest BCUT2D eigenvalue weighted by Gasteiger charge is -2.24. The standard InChI is InChI=1S/C17H26O6/c1-2-15(18)22-11-5-3-4-6-12-23-17(21)14-9-7-13(8-10-14)16(19)20/h2,13-14H,1,3-12H2,(H,19,20)/t13-,14-. The molecular weight excluding hydrogens is 300 g/mol. The molecule has 1 N–H and O–H groups in total. The van der Waals surface area contributed by atoms with Crippen LogP contribution in [0.3, 0.4) is 0 Å². The number of carboxylic acid groups (broad SMARTS) is 1. The first-order chi connectivity index (χ1) is 11.0. The SMILES string of the molecule is C=CC(=O)OCCCCCCOC(=O)[C@H]1CC[C@H](C(=O)O)CC1. The second-order valence-corrected chi connectivity index (χ2v) is 5.84. The van der Waals surface area contributed by atoms with Gasteiger partial charge >= 0.3 is 17.9 Å². The fourth-order valence-corrected chi connectivity index (χ4v) is 2.66. The van der Waals surface area contributed by atoms with Gasteiger partial charge < -0.3 is 14.6 Å². The fraction of sp³-hybridized carbons (Fsp3) is 0.706. The molecule has 1 rings (SSSR count). The molecule has 0 atom stereocenters. The van der Waals surface area contributed by atoms with Gasteiger partial charge in [0.15, 0.2) is 0 Å². The normalized spacial score (nSPS) is 20.5. The molecule has 0 aromatic heterocycles. The molecule has 1 aliphatic rings. The summed E-state index contributed by atoms with van der Waals surface area (Å²) in [6.45, 7) is 4.09. The van der Waals surface area contributed by atoms with Gasteiger partial charge in [-0.3, -0.25) is 9.59 Å². The molecule has 0 radical (unpaired) electrons. The molecule has 1 saturated carbocycles. The van der Waals surface area contributed by atoms with Crippen LogP contribution < -0.4 is 0 Å². The van der Waals surface area contributed by atoms with E-state index in [2.05, 4.69) is 6.58 Å². The van der Waals surface area contributed by atoms with Gasteiger partial charge in [-0.25, -0.2) is 4.79 Å². The lowest BCUT2D eigenvalue weighted by molar-refractivity contribution is -0.152. The maximum Gasteiger partial charge on any atom is 0.330 e. The van der Waals surface area contributed by atoms with Crippen LogP contribution in [0.2, 0.25) is 0 Å². The summed E-state index contributed by atoms with van der Waals surface area (Å²) in [6, 6.07) is 0. The first-order valence-electron chi connectivity index (χ1n) is 8.23. The Morgan fingerprint density at radius 2 is 1.43 bits per heavy atom. The quantitative estimate of drug-likeness (QED) is 0.377. The highest BCUT2D eigenvalue weighted by Crippen LogP contribution is 2.29. The Bertz CT molecular complexity index is 409. The van der Waals surface area contributed by atoms with Crippen molar-refractivity contribution in [3.05, 3.63) is 12.7 Å². The van der Waals surface area contributed by atoms with Crippen molar-refractivity contribution in [2.24, 2.45) is 11.8 Å². The highest BCUT2D eigenvalue weighted by atomic mass is 16.5. The maximum atomic E-state index is 11.9. The van der Waals surface area contributed by atoms with Crippen molar-refractivity contribution in [1.82, 2.24) is 0 Å². The monoisotopic (exact) mass is 326 g/mol. The van der Waals surface area contributed by atoms with Crippen LogP contribution in [0.25, 0.3) is 0 Å². The lowest BCUT2D eigenvalue weighted by Crippen LogP contribution is -2.27. The zero-order valence-electron chi connectivity index (χ0n) is 13.5. The molecular formula is C17H26O6. The Morgan fingerprint density at radius 3 is 1.96 bits per heavy atom. The van der Waals surface area contributed by atoms with Crippen molar-refractivity contribution < 1.29 is 29.0 Å². The number of carbonyl (C=O) groups excluding carboxylic acids is 2. The van der Waals surface area contributed by atoms with Crippen LogP contribution in [0.1, 0.15) is 51.4 Å². The number of carboxylic acids is 1. The molecule has 0 bridgehead atoms. The Balaban J connectivity index is 1.99. The van der Waals surface area contributed by atoms with E-state index in [1.807, 2.05) is 0 Å². The summed E-state index contributed by atoms with van der Waals surface area (Å²) in [5, 5.41) is 8.92. The van der Waals surface area contributed by atoms with E-state index >= 15 is 0 Å². The van der Waals surface area contributed by atoms with Crippen LogP contribution in [0, 0.1) is 11.8 Å². The molecule has 1 fully saturated rings. The van der Waals surface area contributed by atoms with Crippen LogP contribution in [0.5, 0.6) is 0 Å². The predicted octanol–water partition coefficient (Wildman–Crippen LogP) is 2.71. The van der Waals surface area contributed by atoms with Crippen molar-refractivity contribution >= 4 is 17.9 Å². The molecule has 0 heterocycles. The number of unbranched alkanes of at least 4 members (excludes halogenated alkanes) is 3. The van der Waals surface area contributed by atoms with Crippen LogP contribution in [-0.2, 0) is 23.9 Å². The third-order valence-corrected chi connectivity index (χ3v) is 4.10. The molecule has 0 amide bonds. The number of rotatable bonds is 10. The second-order valence-electron chi connectivity index (χ2n) is 5.84. The summed E-state index contributed by atoms with van der Waals surface area (Å²) in [7, 11) is 0. The molecule has 0 aromatic rings. The summed E-state index contributed by atoms with van der Waals surface area (Å²) in [5.74, 6) is -1.83. The topological polar surface area (TPSA) is 89.9 Å². The Morgan fingerprint density at radius 1 is 0.913 bits per heavy atom. The van der Waals surface area contributed by atoms with E-state index in [0.29, 0.717) is 38.9 Å². The van der Waals surface area contributed by atoms with Gasteiger partial charge in [0.25, 0.3) is 0 Å². The van der Waals surface area contributed by atoms with E-state index in [4.69, 9.17) is 14.6 Å². The Kier molecular flexibility index (Phi) is 9.02. The van der Waals surface area contributed by atoms with Crippen molar-refractivity contribution in [3.63, 3.8) is 0 Å². The van der Waals surface area contributed by atoms with Gasteiger partial charge in [0.05, 0.1) is 25.0 Å². The first kappa shape index (κ1) is 19.2. The minimum Gasteiger partial charge on any atom is -0.481 e. The summed E-state index contributed by atoms with van der Waals surface area (Å²) < 4.78 is 10.1. The van der Waals surface area contributed by atoms with Crippen molar-refractivity contribution in [2.45, 2.75) is 51.4 Å². The van der Waals surface area contributed by atoms with E-state index in [1.54, 1.807) is 0 Å². The van der Waals surface area contributed by atoms with Gasteiger partial charge in [0.1, 0.15) is 0 Å². The number of carbonyl (C=O) groups is 3. The first-order valence-corrected chi connectivity index (χ1v) is 8.23. The number of hydrogen-bond donors (Lipinski definition) is 1. The van der Waals surface area contributed by atoms with Crippen LogP contribution >= 0.6 is 0 Å². The number of aliphatic carboxylic acids is 1. The van der Waals surface area contributed by atoms with Gasteiger partial charge in [0.2, 0.25) is 0 Å². The average Bonchev–Trinajstić information content (AvgIpc) is 2.56. The summed E-state index contributed by atoms with van der Waals surface area (Å²) >= 11 is 0. The smallest absolute Gasteiger partial charge is 0.330 e. The van der Waals surface area contributed by atoms with Gasteiger partial charge in [0, 0.05) is 6.08 Å². The summed E-state index contributed by atoms with van der Waals surface area (Å²) in [5.41, 5.74) is 0. The fourth-order valence-electron chi connectivity index (χ4n) is 2.66. The lowest BCUT2D eigenvalue weighted by atomic mass is 9.82. The average molecular weight is 326 g/mol. The molecule has 0 aromatic carbocycles. The zero-order chi connectivity index (χ0) is 17.1. The summed E-state index contributed by atoms with van der Waals surface area (Å²) in [4.78, 5) is 33.5. The number of esters is 2. The van der Waals surface area contributed by atoms with Crippen molar-refractivity contribution in [3.8, 4) is 0 Å². The number of hydrogen-bond acceptors (Lipinski definition) is 5. The molecule has 6 heteroatoms. The molecule has 0 aliphatic heterocycles. The minimum atomic E-state index is -0.768. The van der Waals surface area contributed by atoms with Gasteiger partial charge in [-0.05, 0) is 51.4 Å². The van der Waals surface area contributed by atoms with Crippen molar-refractivity contribution in [2.75, 3.05) is 13.2 Å². The van der Waals surface area contributed by atoms with Crippen LogP contribution in [-0.4, -0.2) is 36.2 Å². The van der Waals surface area contributed by atoms with E-state index in [0.717, 1.165) is 31.8 Å². The summed E-state index contributed by atoms with van der Waals surface area (Å²) in [6.07, 6.45) is 6.84. The van der Waals surface area contributed by atoms with E-state index in [9.17, 15) is 14.4 Å². The zero-order valence-corrected chi connectivity index (χ0v) is 13.5. The predicted molar refractivity (Wildman–Crippen MR) is 83.7 cm³/mol. The highest BCUT2D eigenvalue weighted by Gasteiger charge is 2.30. The second kappa shape index (κ2) is 10.8. The van der Waals surface area contributed by atoms with E-state index in [-0.39, 0.29) is 17.8 Å². The van der Waals surface area contributed by atoms with Crippen LogP contribution in [0.4, 0.5) is 0 Å².